The topological polar surface area (TPSA) is 29.5 Å². The highest BCUT2D eigenvalue weighted by Crippen LogP contribution is 2.18. The van der Waals surface area contributed by atoms with Gasteiger partial charge in [0.05, 0.1) is 6.10 Å². The van der Waals surface area contributed by atoms with E-state index in [0.717, 1.165) is 17.7 Å². The second kappa shape index (κ2) is 8.60. The first-order valence-electron chi connectivity index (χ1n) is 8.17. The van der Waals surface area contributed by atoms with Crippen LogP contribution in [0.3, 0.4) is 0 Å². The summed E-state index contributed by atoms with van der Waals surface area (Å²) in [5, 5.41) is 9.49. The van der Waals surface area contributed by atoms with Crippen LogP contribution in [0.5, 0.6) is 5.75 Å². The Morgan fingerprint density at radius 2 is 1.55 bits per heavy atom. The quantitative estimate of drug-likeness (QED) is 0.691. The van der Waals surface area contributed by atoms with E-state index in [9.17, 15) is 5.11 Å². The van der Waals surface area contributed by atoms with Crippen molar-refractivity contribution < 1.29 is 9.84 Å². The first-order valence-corrected chi connectivity index (χ1v) is 8.17. The van der Waals surface area contributed by atoms with Crippen LogP contribution in [0.2, 0.25) is 0 Å². The third-order valence-corrected chi connectivity index (χ3v) is 3.86. The van der Waals surface area contributed by atoms with Gasteiger partial charge in [0, 0.05) is 0 Å². The van der Waals surface area contributed by atoms with Gasteiger partial charge >= 0.3 is 0 Å². The predicted molar refractivity (Wildman–Crippen MR) is 91.1 cm³/mol. The fourth-order valence-corrected chi connectivity index (χ4v) is 2.39. The summed E-state index contributed by atoms with van der Waals surface area (Å²) in [6, 6.07) is 16.3. The number of ether oxygens (including phenoxy) is 1. The van der Waals surface area contributed by atoms with Crippen LogP contribution < -0.4 is 4.74 Å². The van der Waals surface area contributed by atoms with Crippen molar-refractivity contribution in [3.05, 3.63) is 65.2 Å². The molecule has 0 fully saturated rings. The Morgan fingerprint density at radius 1 is 0.909 bits per heavy atom. The predicted octanol–water partition coefficient (Wildman–Crippen LogP) is 5.05. The SMILES string of the molecule is CCCCCc1ccc(COc2ccc(C(C)O)cc2)cc1. The molecule has 1 unspecified atom stereocenters. The van der Waals surface area contributed by atoms with Crippen LogP contribution in [-0.2, 0) is 13.0 Å². The first-order chi connectivity index (χ1) is 10.7. The minimum atomic E-state index is -0.436. The van der Waals surface area contributed by atoms with Crippen molar-refractivity contribution in [3.63, 3.8) is 0 Å². The van der Waals surface area contributed by atoms with E-state index in [0.29, 0.717) is 6.61 Å². The molecule has 0 aliphatic rings. The summed E-state index contributed by atoms with van der Waals surface area (Å²) >= 11 is 0. The van der Waals surface area contributed by atoms with E-state index in [1.165, 1.54) is 30.4 Å². The van der Waals surface area contributed by atoms with E-state index >= 15 is 0 Å². The van der Waals surface area contributed by atoms with E-state index in [-0.39, 0.29) is 0 Å². The normalized spacial score (nSPS) is 12.1. The number of unbranched alkanes of at least 4 members (excludes halogenated alkanes) is 2. The Labute approximate surface area is 133 Å². The van der Waals surface area contributed by atoms with Gasteiger partial charge in [0.2, 0.25) is 0 Å². The third kappa shape index (κ3) is 5.19. The molecule has 0 amide bonds. The molecule has 2 nitrogen and oxygen atoms in total. The fourth-order valence-electron chi connectivity index (χ4n) is 2.39. The molecule has 0 aliphatic carbocycles. The van der Waals surface area contributed by atoms with E-state index in [1.807, 2.05) is 24.3 Å². The number of aliphatic hydroxyl groups excluding tert-OH is 1. The Morgan fingerprint density at radius 3 is 2.14 bits per heavy atom. The molecule has 0 spiro atoms. The molecule has 0 bridgehead atoms. The highest BCUT2D eigenvalue weighted by Gasteiger charge is 2.01. The van der Waals surface area contributed by atoms with E-state index in [1.54, 1.807) is 6.92 Å². The summed E-state index contributed by atoms with van der Waals surface area (Å²) in [6.45, 7) is 4.56. The van der Waals surface area contributed by atoms with E-state index in [2.05, 4.69) is 31.2 Å². The zero-order chi connectivity index (χ0) is 15.8. The van der Waals surface area contributed by atoms with Gasteiger partial charge in [0.1, 0.15) is 12.4 Å². The number of hydrogen-bond donors (Lipinski definition) is 1. The van der Waals surface area contributed by atoms with Crippen LogP contribution in [0.1, 0.15) is 55.9 Å². The van der Waals surface area contributed by atoms with Gasteiger partial charge in [-0.25, -0.2) is 0 Å². The minimum absolute atomic E-state index is 0.436. The van der Waals surface area contributed by atoms with Gasteiger partial charge in [-0.1, -0.05) is 56.2 Å². The molecule has 2 rings (SSSR count). The summed E-state index contributed by atoms with van der Waals surface area (Å²) in [7, 11) is 0. The summed E-state index contributed by atoms with van der Waals surface area (Å²) in [6.07, 6.45) is 4.56. The van der Waals surface area contributed by atoms with Crippen LogP contribution in [0, 0.1) is 0 Å². The Bertz CT molecular complexity index is 541. The molecule has 2 heteroatoms. The molecular formula is C20H26O2. The molecule has 2 aromatic rings. The lowest BCUT2D eigenvalue weighted by atomic mass is 10.1. The van der Waals surface area contributed by atoms with Gasteiger partial charge in [0.25, 0.3) is 0 Å². The van der Waals surface area contributed by atoms with E-state index < -0.39 is 6.10 Å². The first kappa shape index (κ1) is 16.6. The second-order valence-electron chi connectivity index (χ2n) is 5.81. The van der Waals surface area contributed by atoms with Crippen molar-refractivity contribution in [2.45, 2.75) is 52.2 Å². The number of rotatable bonds is 8. The number of hydrogen-bond acceptors (Lipinski definition) is 2. The zero-order valence-corrected chi connectivity index (χ0v) is 13.6. The Kier molecular flexibility index (Phi) is 6.47. The lowest BCUT2D eigenvalue weighted by Gasteiger charge is -2.09. The van der Waals surface area contributed by atoms with Crippen molar-refractivity contribution in [3.8, 4) is 5.75 Å². The maximum Gasteiger partial charge on any atom is 0.119 e. The van der Waals surface area contributed by atoms with Gasteiger partial charge in [-0.2, -0.15) is 0 Å². The standard InChI is InChI=1S/C20H26O2/c1-3-4-5-6-17-7-9-18(10-8-17)15-22-20-13-11-19(12-14-20)16(2)21/h7-14,16,21H,3-6,15H2,1-2H3. The summed E-state index contributed by atoms with van der Waals surface area (Å²) in [5.74, 6) is 0.830. The maximum absolute atomic E-state index is 9.49. The highest BCUT2D eigenvalue weighted by atomic mass is 16.5. The van der Waals surface area contributed by atoms with Crippen molar-refractivity contribution >= 4 is 0 Å². The van der Waals surface area contributed by atoms with Gasteiger partial charge < -0.3 is 9.84 Å². The monoisotopic (exact) mass is 298 g/mol. The molecule has 0 aromatic heterocycles. The van der Waals surface area contributed by atoms with Gasteiger partial charge in [-0.15, -0.1) is 0 Å². The molecule has 0 radical (unpaired) electrons. The van der Waals surface area contributed by atoms with Crippen LogP contribution in [-0.4, -0.2) is 5.11 Å². The summed E-state index contributed by atoms with van der Waals surface area (Å²) in [4.78, 5) is 0. The average molecular weight is 298 g/mol. The molecule has 1 atom stereocenters. The molecule has 1 N–H and O–H groups in total. The molecule has 22 heavy (non-hydrogen) atoms. The molecule has 118 valence electrons. The van der Waals surface area contributed by atoms with Gasteiger partial charge in [-0.3, -0.25) is 0 Å². The minimum Gasteiger partial charge on any atom is -0.489 e. The molecule has 0 saturated heterocycles. The average Bonchev–Trinajstić information content (AvgIpc) is 2.55. The van der Waals surface area contributed by atoms with Crippen molar-refractivity contribution in [2.24, 2.45) is 0 Å². The Balaban J connectivity index is 1.83. The van der Waals surface area contributed by atoms with Crippen LogP contribution >= 0.6 is 0 Å². The van der Waals surface area contributed by atoms with Crippen molar-refractivity contribution in [1.82, 2.24) is 0 Å². The molecule has 2 aromatic carbocycles. The zero-order valence-electron chi connectivity index (χ0n) is 13.6. The lowest BCUT2D eigenvalue weighted by Crippen LogP contribution is -1.97. The lowest BCUT2D eigenvalue weighted by molar-refractivity contribution is 0.199. The number of benzene rings is 2. The second-order valence-corrected chi connectivity index (χ2v) is 5.81. The number of aryl methyl sites for hydroxylation is 1. The van der Waals surface area contributed by atoms with Crippen molar-refractivity contribution in [1.29, 1.82) is 0 Å². The smallest absolute Gasteiger partial charge is 0.119 e. The van der Waals surface area contributed by atoms with Crippen LogP contribution in [0.15, 0.2) is 48.5 Å². The molecular weight excluding hydrogens is 272 g/mol. The molecule has 0 saturated carbocycles. The third-order valence-electron chi connectivity index (χ3n) is 3.86. The van der Waals surface area contributed by atoms with Crippen LogP contribution in [0.4, 0.5) is 0 Å². The maximum atomic E-state index is 9.49. The van der Waals surface area contributed by atoms with Crippen molar-refractivity contribution in [2.75, 3.05) is 0 Å². The van der Waals surface area contributed by atoms with Gasteiger partial charge in [-0.05, 0) is 48.6 Å². The van der Waals surface area contributed by atoms with Gasteiger partial charge in [0.15, 0.2) is 0 Å². The summed E-state index contributed by atoms with van der Waals surface area (Å²) < 4.78 is 5.78. The Hall–Kier alpha value is -1.80. The molecule has 0 aliphatic heterocycles. The number of aliphatic hydroxyl groups is 1. The highest BCUT2D eigenvalue weighted by molar-refractivity contribution is 5.29. The molecule has 0 heterocycles. The fraction of sp³-hybridized carbons (Fsp3) is 0.400. The largest absolute Gasteiger partial charge is 0.489 e. The van der Waals surface area contributed by atoms with E-state index in [4.69, 9.17) is 4.74 Å². The van der Waals surface area contributed by atoms with Crippen LogP contribution in [0.25, 0.3) is 0 Å². The summed E-state index contributed by atoms with van der Waals surface area (Å²) in [5.41, 5.74) is 3.49.